The summed E-state index contributed by atoms with van der Waals surface area (Å²) in [4.78, 5) is 10.1. The molecule has 0 saturated heterocycles. The number of hydrogen-bond acceptors (Lipinski definition) is 5. The molecule has 0 saturated carbocycles. The van der Waals surface area contributed by atoms with Crippen molar-refractivity contribution in [3.63, 3.8) is 0 Å². The van der Waals surface area contributed by atoms with Crippen molar-refractivity contribution in [3.05, 3.63) is 58.6 Å². The summed E-state index contributed by atoms with van der Waals surface area (Å²) in [7, 11) is 0. The van der Waals surface area contributed by atoms with E-state index >= 15 is 0 Å². The third kappa shape index (κ3) is 4.90. The maximum atomic E-state index is 5.91. The Morgan fingerprint density at radius 3 is 2.88 bits per heavy atom. The first-order chi connectivity index (χ1) is 12.2. The number of hydrogen-bond donors (Lipinski definition) is 2. The first kappa shape index (κ1) is 17.2. The normalized spacial score (nSPS) is 12.9. The van der Waals surface area contributed by atoms with Crippen molar-refractivity contribution in [2.45, 2.75) is 19.3 Å². The van der Waals surface area contributed by atoms with Gasteiger partial charge in [-0.15, -0.1) is 11.3 Å². The highest BCUT2D eigenvalue weighted by Crippen LogP contribution is 2.19. The van der Waals surface area contributed by atoms with Crippen molar-refractivity contribution in [3.8, 4) is 11.4 Å². The van der Waals surface area contributed by atoms with Crippen molar-refractivity contribution >= 4 is 17.3 Å². The number of thiophene rings is 1. The maximum absolute atomic E-state index is 5.91. The molecule has 2 heterocycles. The average Bonchev–Trinajstić information content (AvgIpc) is 3.32. The molecule has 0 aliphatic heterocycles. The van der Waals surface area contributed by atoms with Crippen LogP contribution in [0.3, 0.4) is 0 Å². The van der Waals surface area contributed by atoms with E-state index in [2.05, 4.69) is 31.9 Å². The van der Waals surface area contributed by atoms with Crippen LogP contribution in [0.1, 0.15) is 23.6 Å². The fourth-order valence-corrected chi connectivity index (χ4v) is 2.99. The zero-order valence-electron chi connectivity index (χ0n) is 14.1. The molecule has 3 rings (SSSR count). The van der Waals surface area contributed by atoms with Gasteiger partial charge in [0.15, 0.2) is 5.96 Å². The molecular weight excluding hydrogens is 334 g/mol. The number of guanidine groups is 1. The molecule has 0 aliphatic carbocycles. The van der Waals surface area contributed by atoms with Gasteiger partial charge in [-0.2, -0.15) is 4.98 Å². The van der Waals surface area contributed by atoms with Gasteiger partial charge in [0.05, 0.1) is 12.5 Å². The molecule has 0 spiro atoms. The highest BCUT2D eigenvalue weighted by Gasteiger charge is 2.15. The van der Waals surface area contributed by atoms with Crippen LogP contribution in [0.15, 0.2) is 57.4 Å². The van der Waals surface area contributed by atoms with Crippen LogP contribution in [0.25, 0.3) is 11.4 Å². The zero-order valence-corrected chi connectivity index (χ0v) is 14.9. The van der Waals surface area contributed by atoms with Crippen molar-refractivity contribution in [1.29, 1.82) is 0 Å². The third-order valence-electron chi connectivity index (χ3n) is 3.69. The first-order valence-corrected chi connectivity index (χ1v) is 9.05. The smallest absolute Gasteiger partial charge is 0.231 e. The molecule has 1 atom stereocenters. The van der Waals surface area contributed by atoms with E-state index in [4.69, 9.17) is 10.3 Å². The Labute approximate surface area is 150 Å². The van der Waals surface area contributed by atoms with Crippen LogP contribution >= 0.6 is 11.3 Å². The molecule has 0 amide bonds. The Hall–Kier alpha value is -2.67. The maximum Gasteiger partial charge on any atom is 0.231 e. The number of nitrogens with zero attached hydrogens (tertiary/aromatic N) is 3. The summed E-state index contributed by atoms with van der Waals surface area (Å²) in [6.07, 6.45) is 0.938. The summed E-state index contributed by atoms with van der Waals surface area (Å²) in [5.74, 6) is 1.59. The van der Waals surface area contributed by atoms with Crippen LogP contribution in [-0.4, -0.2) is 29.2 Å². The number of aliphatic imine (C=N–C) groups is 1. The lowest BCUT2D eigenvalue weighted by molar-refractivity contribution is 0.361. The van der Waals surface area contributed by atoms with Crippen LogP contribution in [-0.2, 0) is 6.42 Å². The van der Waals surface area contributed by atoms with Gasteiger partial charge >= 0.3 is 0 Å². The molecule has 2 aromatic heterocycles. The second-order valence-corrected chi connectivity index (χ2v) is 6.74. The summed E-state index contributed by atoms with van der Waals surface area (Å²) >= 11 is 1.74. The molecule has 7 heteroatoms. The number of nitrogens with one attached hydrogen (secondary N) is 1. The van der Waals surface area contributed by atoms with E-state index < -0.39 is 0 Å². The number of aromatic nitrogens is 2. The van der Waals surface area contributed by atoms with Crippen LogP contribution < -0.4 is 11.1 Å². The largest absolute Gasteiger partial charge is 0.370 e. The van der Waals surface area contributed by atoms with Crippen molar-refractivity contribution in [2.24, 2.45) is 10.7 Å². The second kappa shape index (κ2) is 8.43. The fraction of sp³-hybridized carbons (Fsp3) is 0.278. The van der Waals surface area contributed by atoms with Gasteiger partial charge in [0.25, 0.3) is 0 Å². The number of nitrogens with two attached hydrogens (primary N) is 1. The predicted octanol–water partition coefficient (Wildman–Crippen LogP) is 3.05. The second-order valence-electron chi connectivity index (χ2n) is 5.71. The van der Waals surface area contributed by atoms with Gasteiger partial charge in [-0.3, -0.25) is 4.99 Å². The number of rotatable bonds is 7. The van der Waals surface area contributed by atoms with Crippen LogP contribution in [0.2, 0.25) is 0 Å². The Morgan fingerprint density at radius 2 is 2.12 bits per heavy atom. The standard InChI is InChI=1S/C18H21N5OS/c1-13(12-21-18(19)20-10-9-15-8-5-11-25-15)17-22-16(23-24-17)14-6-3-2-4-7-14/h2-8,11,13H,9-10,12H2,1H3,(H3,19,20,21). The van der Waals surface area contributed by atoms with E-state index in [1.807, 2.05) is 43.3 Å². The van der Waals surface area contributed by atoms with Gasteiger partial charge < -0.3 is 15.6 Å². The van der Waals surface area contributed by atoms with E-state index in [-0.39, 0.29) is 5.92 Å². The Balaban J connectivity index is 1.50. The van der Waals surface area contributed by atoms with Gasteiger partial charge in [0.2, 0.25) is 11.7 Å². The molecule has 0 aliphatic rings. The SMILES string of the molecule is CC(CN=C(N)NCCc1cccs1)c1nc(-c2ccccc2)no1. The van der Waals surface area contributed by atoms with Crippen LogP contribution in [0, 0.1) is 0 Å². The van der Waals surface area contributed by atoms with Gasteiger partial charge in [-0.1, -0.05) is 48.5 Å². The lowest BCUT2D eigenvalue weighted by Crippen LogP contribution is -2.33. The minimum Gasteiger partial charge on any atom is -0.370 e. The third-order valence-corrected chi connectivity index (χ3v) is 4.62. The first-order valence-electron chi connectivity index (χ1n) is 8.17. The van der Waals surface area contributed by atoms with Crippen LogP contribution in [0.5, 0.6) is 0 Å². The molecule has 1 unspecified atom stereocenters. The Kier molecular flexibility index (Phi) is 5.79. The average molecular weight is 355 g/mol. The molecule has 130 valence electrons. The number of benzene rings is 1. The molecule has 25 heavy (non-hydrogen) atoms. The monoisotopic (exact) mass is 355 g/mol. The minimum absolute atomic E-state index is 0.00242. The molecule has 0 radical (unpaired) electrons. The quantitative estimate of drug-likeness (QED) is 0.502. The van der Waals surface area contributed by atoms with Gasteiger partial charge in [0, 0.05) is 17.0 Å². The van der Waals surface area contributed by atoms with Crippen molar-refractivity contribution in [2.75, 3.05) is 13.1 Å². The Morgan fingerprint density at radius 1 is 1.28 bits per heavy atom. The van der Waals surface area contributed by atoms with Gasteiger partial charge in [0.1, 0.15) is 0 Å². The molecule has 3 N–H and O–H groups in total. The predicted molar refractivity (Wildman–Crippen MR) is 101 cm³/mol. The lowest BCUT2D eigenvalue weighted by atomic mass is 10.2. The summed E-state index contributed by atoms with van der Waals surface area (Å²) in [5, 5.41) is 9.23. The van der Waals surface area contributed by atoms with E-state index in [9.17, 15) is 0 Å². The van der Waals surface area contributed by atoms with Gasteiger partial charge in [-0.05, 0) is 17.9 Å². The zero-order chi connectivity index (χ0) is 17.5. The van der Waals surface area contributed by atoms with Crippen molar-refractivity contribution < 1.29 is 4.52 Å². The topological polar surface area (TPSA) is 89.3 Å². The molecule has 0 fully saturated rings. The van der Waals surface area contributed by atoms with E-state index in [0.29, 0.717) is 24.2 Å². The summed E-state index contributed by atoms with van der Waals surface area (Å²) in [6.45, 7) is 3.25. The molecule has 1 aromatic carbocycles. The van der Waals surface area contributed by atoms with Crippen molar-refractivity contribution in [1.82, 2.24) is 15.5 Å². The van der Waals surface area contributed by atoms with Gasteiger partial charge in [-0.25, -0.2) is 0 Å². The molecular formula is C18H21N5OS. The van der Waals surface area contributed by atoms with E-state index in [1.54, 1.807) is 11.3 Å². The summed E-state index contributed by atoms with van der Waals surface area (Å²) in [5.41, 5.74) is 6.84. The summed E-state index contributed by atoms with van der Waals surface area (Å²) in [6, 6.07) is 13.9. The lowest BCUT2D eigenvalue weighted by Gasteiger charge is -2.06. The van der Waals surface area contributed by atoms with E-state index in [0.717, 1.165) is 18.5 Å². The summed E-state index contributed by atoms with van der Waals surface area (Å²) < 4.78 is 5.35. The van der Waals surface area contributed by atoms with E-state index in [1.165, 1.54) is 4.88 Å². The molecule has 3 aromatic rings. The molecule has 0 bridgehead atoms. The fourth-order valence-electron chi connectivity index (χ4n) is 2.28. The highest BCUT2D eigenvalue weighted by molar-refractivity contribution is 7.09. The Bertz CT molecular complexity index is 798. The minimum atomic E-state index is 0.00242. The van der Waals surface area contributed by atoms with Crippen LogP contribution in [0.4, 0.5) is 0 Å². The molecule has 6 nitrogen and oxygen atoms in total. The highest BCUT2D eigenvalue weighted by atomic mass is 32.1.